The molecule has 0 saturated carbocycles. The van der Waals surface area contributed by atoms with Gasteiger partial charge >= 0.3 is 0 Å². The molecular formula is C26H28F3N3O7. The summed E-state index contributed by atoms with van der Waals surface area (Å²) in [6.45, 7) is 0.934. The molecule has 1 aliphatic heterocycles. The molecule has 0 amide bonds. The third-order valence-electron chi connectivity index (χ3n) is 6.58. The molecule has 0 bridgehead atoms. The first kappa shape index (κ1) is 28.6. The smallest absolute Gasteiger partial charge is 0.194 e. The maximum Gasteiger partial charge on any atom is 0.194 e. The van der Waals surface area contributed by atoms with Crippen LogP contribution in [0.15, 0.2) is 42.6 Å². The van der Waals surface area contributed by atoms with Crippen LogP contribution < -0.4 is 4.74 Å². The van der Waals surface area contributed by atoms with Crippen LogP contribution in [0.3, 0.4) is 0 Å². The molecule has 3 aromatic rings. The Balaban J connectivity index is 1.62. The van der Waals surface area contributed by atoms with Gasteiger partial charge in [0.2, 0.25) is 0 Å². The SMILES string of the molecule is CCC(=O)[C@@H](OCc1ccc(OC)cc1)[C@@H]1OC(CO)[C@H](O)[C@H](n2cc(-c3cc(F)c(F)c(F)c3)nn2)C1O. The van der Waals surface area contributed by atoms with Crippen molar-refractivity contribution in [2.24, 2.45) is 0 Å². The number of aliphatic hydroxyl groups is 3. The van der Waals surface area contributed by atoms with Gasteiger partial charge in [0.05, 0.1) is 26.5 Å². The molecule has 6 atom stereocenters. The summed E-state index contributed by atoms with van der Waals surface area (Å²) >= 11 is 0. The zero-order valence-electron chi connectivity index (χ0n) is 21.1. The summed E-state index contributed by atoms with van der Waals surface area (Å²) in [6.07, 6.45) is -5.71. The average molecular weight is 552 g/mol. The number of benzene rings is 2. The van der Waals surface area contributed by atoms with Crippen molar-refractivity contribution >= 4 is 5.78 Å². The highest BCUT2D eigenvalue weighted by atomic mass is 19.2. The number of hydrogen-bond acceptors (Lipinski definition) is 9. The van der Waals surface area contributed by atoms with E-state index < -0.39 is 66.4 Å². The van der Waals surface area contributed by atoms with Crippen LogP contribution in [0.1, 0.15) is 24.9 Å². The summed E-state index contributed by atoms with van der Waals surface area (Å²) in [5.41, 5.74) is 0.503. The van der Waals surface area contributed by atoms with E-state index in [1.165, 1.54) is 13.3 Å². The highest BCUT2D eigenvalue weighted by Gasteiger charge is 2.50. The molecule has 1 fully saturated rings. The van der Waals surface area contributed by atoms with Gasteiger partial charge in [-0.1, -0.05) is 24.3 Å². The van der Waals surface area contributed by atoms with Crippen LogP contribution >= 0.6 is 0 Å². The van der Waals surface area contributed by atoms with Crippen LogP contribution in [0.25, 0.3) is 11.3 Å². The second-order valence-corrected chi connectivity index (χ2v) is 9.03. The molecule has 3 N–H and O–H groups in total. The number of carbonyl (C=O) groups excluding carboxylic acids is 1. The van der Waals surface area contributed by atoms with Gasteiger partial charge in [-0.05, 0) is 29.8 Å². The lowest BCUT2D eigenvalue weighted by Gasteiger charge is -2.44. The van der Waals surface area contributed by atoms with Gasteiger partial charge in [-0.2, -0.15) is 0 Å². The standard InChI is InChI=1S/C26H28F3N3O7/c1-3-19(34)25(38-12-13-4-6-15(37-2)7-5-13)26-24(36)22(23(35)20(11-33)39-26)32-10-18(30-31-32)14-8-16(27)21(29)17(28)9-14/h4-10,20,22-26,33,35-36H,3,11-12H2,1-2H3/t20?,22-,23-,24?,25+,26+/m0/s1. The highest BCUT2D eigenvalue weighted by molar-refractivity contribution is 5.83. The number of halogens is 3. The Labute approximate surface area is 221 Å². The maximum atomic E-state index is 13.7. The minimum absolute atomic E-state index is 0.0147. The summed E-state index contributed by atoms with van der Waals surface area (Å²) in [4.78, 5) is 12.9. The van der Waals surface area contributed by atoms with E-state index in [0.29, 0.717) is 11.3 Å². The van der Waals surface area contributed by atoms with E-state index in [1.54, 1.807) is 31.2 Å². The van der Waals surface area contributed by atoms with Gasteiger partial charge in [-0.25, -0.2) is 17.9 Å². The molecule has 39 heavy (non-hydrogen) atoms. The number of aliphatic hydroxyl groups excluding tert-OH is 3. The van der Waals surface area contributed by atoms with Gasteiger partial charge in [-0.15, -0.1) is 5.10 Å². The number of nitrogens with zero attached hydrogens (tertiary/aromatic N) is 3. The van der Waals surface area contributed by atoms with Crippen LogP contribution in [0.2, 0.25) is 0 Å². The van der Waals surface area contributed by atoms with Crippen molar-refractivity contribution < 1.29 is 47.5 Å². The quantitative estimate of drug-likeness (QED) is 0.323. The molecule has 2 unspecified atom stereocenters. The summed E-state index contributed by atoms with van der Waals surface area (Å²) in [6, 6.07) is 7.08. The molecule has 0 radical (unpaired) electrons. The van der Waals surface area contributed by atoms with Gasteiger partial charge < -0.3 is 29.5 Å². The van der Waals surface area contributed by atoms with Gasteiger partial charge in [-0.3, -0.25) is 4.79 Å². The van der Waals surface area contributed by atoms with Crippen LogP contribution in [0.5, 0.6) is 5.75 Å². The normalized spacial score (nSPS) is 23.9. The van der Waals surface area contributed by atoms with Gasteiger partial charge in [0.15, 0.2) is 23.2 Å². The molecule has 13 heteroatoms. The summed E-state index contributed by atoms with van der Waals surface area (Å²) in [5.74, 6) is -4.26. The average Bonchev–Trinajstić information content (AvgIpc) is 3.42. The molecular weight excluding hydrogens is 523 g/mol. The second-order valence-electron chi connectivity index (χ2n) is 9.03. The zero-order chi connectivity index (χ0) is 28.3. The Kier molecular flexibility index (Phi) is 8.97. The first-order valence-corrected chi connectivity index (χ1v) is 12.1. The molecule has 210 valence electrons. The van der Waals surface area contributed by atoms with E-state index in [9.17, 15) is 33.3 Å². The van der Waals surface area contributed by atoms with E-state index in [2.05, 4.69) is 10.3 Å². The van der Waals surface area contributed by atoms with Crippen LogP contribution in [0.4, 0.5) is 13.2 Å². The van der Waals surface area contributed by atoms with Crippen LogP contribution in [-0.2, 0) is 20.9 Å². The lowest BCUT2D eigenvalue weighted by Crippen LogP contribution is -2.60. The summed E-state index contributed by atoms with van der Waals surface area (Å²) in [7, 11) is 1.53. The molecule has 2 aromatic carbocycles. The Bertz CT molecular complexity index is 1270. The second kappa shape index (κ2) is 12.2. The van der Waals surface area contributed by atoms with Crippen LogP contribution in [0, 0.1) is 17.5 Å². The molecule has 4 rings (SSSR count). The number of ether oxygens (including phenoxy) is 3. The molecule has 10 nitrogen and oxygen atoms in total. The van der Waals surface area contributed by atoms with Crippen molar-refractivity contribution in [3.05, 3.63) is 65.6 Å². The number of ketones is 1. The highest BCUT2D eigenvalue weighted by Crippen LogP contribution is 2.34. The predicted molar refractivity (Wildman–Crippen MR) is 129 cm³/mol. The van der Waals surface area contributed by atoms with Crippen molar-refractivity contribution in [3.8, 4) is 17.0 Å². The largest absolute Gasteiger partial charge is 0.497 e. The first-order chi connectivity index (χ1) is 18.7. The van der Waals surface area contributed by atoms with Crippen molar-refractivity contribution in [1.82, 2.24) is 15.0 Å². The maximum absolute atomic E-state index is 13.7. The monoisotopic (exact) mass is 551 g/mol. The Hall–Kier alpha value is -3.36. The number of methoxy groups -OCH3 is 1. The fourth-order valence-corrected chi connectivity index (χ4v) is 4.43. The third kappa shape index (κ3) is 5.97. The molecule has 1 aliphatic rings. The lowest BCUT2D eigenvalue weighted by molar-refractivity contribution is -0.234. The topological polar surface area (TPSA) is 136 Å². The molecule has 1 saturated heterocycles. The minimum atomic E-state index is -1.64. The third-order valence-corrected chi connectivity index (χ3v) is 6.58. The van der Waals surface area contributed by atoms with Crippen molar-refractivity contribution in [1.29, 1.82) is 0 Å². The van der Waals surface area contributed by atoms with E-state index >= 15 is 0 Å². The number of aromatic nitrogens is 3. The van der Waals surface area contributed by atoms with Gasteiger partial charge in [0, 0.05) is 12.0 Å². The fourth-order valence-electron chi connectivity index (χ4n) is 4.43. The Morgan fingerprint density at radius 3 is 2.38 bits per heavy atom. The Morgan fingerprint density at radius 2 is 1.79 bits per heavy atom. The van der Waals surface area contributed by atoms with E-state index in [-0.39, 0.29) is 24.3 Å². The van der Waals surface area contributed by atoms with E-state index in [1.807, 2.05) is 0 Å². The van der Waals surface area contributed by atoms with Crippen molar-refractivity contribution in [2.75, 3.05) is 13.7 Å². The first-order valence-electron chi connectivity index (χ1n) is 12.1. The minimum Gasteiger partial charge on any atom is -0.497 e. The van der Waals surface area contributed by atoms with Crippen LogP contribution in [-0.4, -0.2) is 80.3 Å². The summed E-state index contributed by atoms with van der Waals surface area (Å²) in [5, 5.41) is 39.7. The lowest BCUT2D eigenvalue weighted by atomic mass is 9.88. The van der Waals surface area contributed by atoms with E-state index in [4.69, 9.17) is 14.2 Å². The molecule has 1 aromatic heterocycles. The number of hydrogen-bond donors (Lipinski definition) is 3. The zero-order valence-corrected chi connectivity index (χ0v) is 21.1. The molecule has 0 aliphatic carbocycles. The number of carbonyl (C=O) groups is 1. The molecule has 0 spiro atoms. The number of Topliss-reactive ketones (excluding diaryl/α,β-unsaturated/α-hetero) is 1. The summed E-state index contributed by atoms with van der Waals surface area (Å²) < 4.78 is 58.7. The van der Waals surface area contributed by atoms with E-state index in [0.717, 1.165) is 16.8 Å². The fraction of sp³-hybridized carbons (Fsp3) is 0.423. The Morgan fingerprint density at radius 1 is 1.13 bits per heavy atom. The number of rotatable bonds is 10. The predicted octanol–water partition coefficient (Wildman–Crippen LogP) is 1.96. The van der Waals surface area contributed by atoms with Gasteiger partial charge in [0.25, 0.3) is 0 Å². The molecule has 2 heterocycles. The van der Waals surface area contributed by atoms with Crippen molar-refractivity contribution in [2.45, 2.75) is 56.5 Å². The van der Waals surface area contributed by atoms with Crippen molar-refractivity contribution in [3.63, 3.8) is 0 Å². The van der Waals surface area contributed by atoms with Gasteiger partial charge in [0.1, 0.15) is 48.0 Å².